The van der Waals surface area contributed by atoms with Crippen molar-refractivity contribution < 1.29 is 10.0 Å². The molecule has 0 spiro atoms. The lowest BCUT2D eigenvalue weighted by Gasteiger charge is -2.20. The Labute approximate surface area is 118 Å². The summed E-state index contributed by atoms with van der Waals surface area (Å²) in [5, 5.41) is 11.7. The topological polar surface area (TPSA) is 78.9 Å². The maximum atomic E-state index is 12.2. The number of hydrogen-bond acceptors (Lipinski definition) is 3. The molecule has 0 aliphatic carbocycles. The monoisotopic (exact) mass is 333 g/mol. The number of carbonyl (C=O) groups is 1. The van der Waals surface area contributed by atoms with Gasteiger partial charge in [-0.2, -0.15) is 0 Å². The molecule has 0 saturated heterocycles. The number of amides is 1. The summed E-state index contributed by atoms with van der Waals surface area (Å²) in [6.07, 6.45) is 0. The number of carbonyl (C=O) groups excluding carboxylic acids is 1. The Morgan fingerprint density at radius 2 is 2.28 bits per heavy atom. The van der Waals surface area contributed by atoms with Gasteiger partial charge in [-0.1, -0.05) is 32.7 Å². The summed E-state index contributed by atoms with van der Waals surface area (Å²) < 4.78 is 0.795. The zero-order valence-corrected chi connectivity index (χ0v) is 12.1. The second-order valence-corrected chi connectivity index (χ2v) is 4.86. The molecule has 7 heteroatoms. The van der Waals surface area contributed by atoms with Crippen molar-refractivity contribution in [2.75, 3.05) is 13.1 Å². The van der Waals surface area contributed by atoms with E-state index < -0.39 is 0 Å². The number of likely N-dealkylation sites (N-methyl/N-ethyl adjacent to an activating group) is 1. The third-order valence-electron chi connectivity index (χ3n) is 2.31. The number of hydrogen-bond donors (Lipinski definition) is 2. The summed E-state index contributed by atoms with van der Waals surface area (Å²) in [5.41, 5.74) is 5.78. The van der Waals surface area contributed by atoms with Crippen LogP contribution in [0.2, 0.25) is 5.02 Å². The molecule has 1 aromatic carbocycles. The Balaban J connectivity index is 2.96. The number of amidine groups is 1. The zero-order valence-electron chi connectivity index (χ0n) is 9.73. The largest absolute Gasteiger partial charge is 0.409 e. The molecule has 0 bridgehead atoms. The molecule has 0 aliphatic heterocycles. The molecule has 98 valence electrons. The predicted octanol–water partition coefficient (Wildman–Crippen LogP) is 2.31. The van der Waals surface area contributed by atoms with Gasteiger partial charge in [0.25, 0.3) is 5.91 Å². The highest BCUT2D eigenvalue weighted by molar-refractivity contribution is 9.10. The fraction of sp³-hybridized carbons (Fsp3) is 0.273. The first-order valence-electron chi connectivity index (χ1n) is 5.20. The van der Waals surface area contributed by atoms with E-state index in [1.807, 2.05) is 0 Å². The number of rotatable bonds is 4. The van der Waals surface area contributed by atoms with E-state index >= 15 is 0 Å². The first-order valence-corrected chi connectivity index (χ1v) is 6.37. The highest BCUT2D eigenvalue weighted by atomic mass is 79.9. The van der Waals surface area contributed by atoms with E-state index in [4.69, 9.17) is 22.5 Å². The summed E-state index contributed by atoms with van der Waals surface area (Å²) in [4.78, 5) is 13.6. The summed E-state index contributed by atoms with van der Waals surface area (Å²) in [7, 11) is 0. The van der Waals surface area contributed by atoms with Gasteiger partial charge in [-0.05, 0) is 25.1 Å². The van der Waals surface area contributed by atoms with Crippen LogP contribution in [-0.4, -0.2) is 34.9 Å². The molecule has 1 amide bonds. The molecule has 0 radical (unpaired) electrons. The van der Waals surface area contributed by atoms with Crippen molar-refractivity contribution in [1.82, 2.24) is 4.90 Å². The van der Waals surface area contributed by atoms with E-state index in [0.29, 0.717) is 17.1 Å². The van der Waals surface area contributed by atoms with Crippen LogP contribution < -0.4 is 5.73 Å². The van der Waals surface area contributed by atoms with Gasteiger partial charge in [-0.3, -0.25) is 4.79 Å². The molecular formula is C11H13BrClN3O2. The molecule has 1 rings (SSSR count). The van der Waals surface area contributed by atoms with Crippen LogP contribution in [0.15, 0.2) is 27.8 Å². The normalized spacial score (nSPS) is 11.4. The average molecular weight is 335 g/mol. The Bertz CT molecular complexity index is 479. The van der Waals surface area contributed by atoms with Crippen LogP contribution in [0.4, 0.5) is 0 Å². The van der Waals surface area contributed by atoms with E-state index in [1.54, 1.807) is 25.1 Å². The standard InChI is InChI=1S/C11H13BrClN3O2/c1-2-16(6-10(14)15-18)11(17)8-4-3-7(12)5-9(8)13/h3-5,18H,2,6H2,1H3,(H2,14,15). The van der Waals surface area contributed by atoms with Crippen molar-refractivity contribution in [2.24, 2.45) is 10.9 Å². The molecule has 0 unspecified atom stereocenters. The summed E-state index contributed by atoms with van der Waals surface area (Å²) in [6, 6.07) is 5.01. The fourth-order valence-corrected chi connectivity index (χ4v) is 2.14. The van der Waals surface area contributed by atoms with Crippen molar-refractivity contribution in [3.63, 3.8) is 0 Å². The third kappa shape index (κ3) is 3.61. The minimum absolute atomic E-state index is 0.0292. The summed E-state index contributed by atoms with van der Waals surface area (Å²) >= 11 is 9.28. The first-order chi connectivity index (χ1) is 8.49. The maximum absolute atomic E-state index is 12.2. The van der Waals surface area contributed by atoms with E-state index in [-0.39, 0.29) is 18.3 Å². The van der Waals surface area contributed by atoms with Crippen LogP contribution in [0.1, 0.15) is 17.3 Å². The van der Waals surface area contributed by atoms with E-state index in [0.717, 1.165) is 4.47 Å². The van der Waals surface area contributed by atoms with E-state index in [1.165, 1.54) is 4.90 Å². The van der Waals surface area contributed by atoms with Crippen LogP contribution >= 0.6 is 27.5 Å². The Hall–Kier alpha value is -1.27. The smallest absolute Gasteiger partial charge is 0.255 e. The van der Waals surface area contributed by atoms with Crippen molar-refractivity contribution in [1.29, 1.82) is 0 Å². The van der Waals surface area contributed by atoms with E-state index in [2.05, 4.69) is 21.1 Å². The lowest BCUT2D eigenvalue weighted by molar-refractivity contribution is 0.0786. The first kappa shape index (κ1) is 14.8. The highest BCUT2D eigenvalue weighted by Crippen LogP contribution is 2.22. The number of nitrogens with two attached hydrogens (primary N) is 1. The Morgan fingerprint density at radius 1 is 1.61 bits per heavy atom. The second-order valence-electron chi connectivity index (χ2n) is 3.53. The van der Waals surface area contributed by atoms with Crippen LogP contribution in [0.25, 0.3) is 0 Å². The molecule has 0 atom stereocenters. The lowest BCUT2D eigenvalue weighted by atomic mass is 10.2. The lowest BCUT2D eigenvalue weighted by Crippen LogP contribution is -2.38. The highest BCUT2D eigenvalue weighted by Gasteiger charge is 2.18. The molecule has 5 nitrogen and oxygen atoms in total. The second kappa shape index (κ2) is 6.61. The minimum Gasteiger partial charge on any atom is -0.409 e. The zero-order chi connectivity index (χ0) is 13.7. The molecule has 0 fully saturated rings. The number of benzene rings is 1. The maximum Gasteiger partial charge on any atom is 0.255 e. The van der Waals surface area contributed by atoms with Gasteiger partial charge in [0, 0.05) is 11.0 Å². The van der Waals surface area contributed by atoms with Crippen LogP contribution in [-0.2, 0) is 0 Å². The number of nitrogens with zero attached hydrogens (tertiary/aromatic N) is 2. The molecule has 18 heavy (non-hydrogen) atoms. The van der Waals surface area contributed by atoms with Gasteiger partial charge >= 0.3 is 0 Å². The fourth-order valence-electron chi connectivity index (χ4n) is 1.39. The molecular weight excluding hydrogens is 321 g/mol. The van der Waals surface area contributed by atoms with Crippen molar-refractivity contribution in [3.8, 4) is 0 Å². The van der Waals surface area contributed by atoms with Gasteiger partial charge < -0.3 is 15.8 Å². The van der Waals surface area contributed by atoms with Crippen LogP contribution in [0, 0.1) is 0 Å². The van der Waals surface area contributed by atoms with Gasteiger partial charge in [0.1, 0.15) is 0 Å². The van der Waals surface area contributed by atoms with E-state index in [9.17, 15) is 4.79 Å². The summed E-state index contributed by atoms with van der Waals surface area (Å²) in [5.74, 6) is -0.292. The summed E-state index contributed by atoms with van der Waals surface area (Å²) in [6.45, 7) is 2.29. The predicted molar refractivity (Wildman–Crippen MR) is 74.1 cm³/mol. The van der Waals surface area contributed by atoms with Gasteiger partial charge in [-0.25, -0.2) is 0 Å². The number of oxime groups is 1. The molecule has 0 saturated carbocycles. The van der Waals surface area contributed by atoms with Crippen LogP contribution in [0.3, 0.4) is 0 Å². The molecule has 0 aliphatic rings. The number of halogens is 2. The minimum atomic E-state index is -0.262. The van der Waals surface area contributed by atoms with Gasteiger partial charge in [0.05, 0.1) is 17.1 Å². The average Bonchev–Trinajstić information content (AvgIpc) is 2.34. The van der Waals surface area contributed by atoms with Crippen LogP contribution in [0.5, 0.6) is 0 Å². The SMILES string of the molecule is CCN(CC(N)=NO)C(=O)c1ccc(Br)cc1Cl. The quantitative estimate of drug-likeness (QED) is 0.384. The van der Waals surface area contributed by atoms with Gasteiger partial charge in [-0.15, -0.1) is 0 Å². The van der Waals surface area contributed by atoms with Crippen molar-refractivity contribution in [3.05, 3.63) is 33.3 Å². The molecule has 1 aromatic rings. The van der Waals surface area contributed by atoms with Crippen molar-refractivity contribution in [2.45, 2.75) is 6.92 Å². The Morgan fingerprint density at radius 3 is 2.78 bits per heavy atom. The van der Waals surface area contributed by atoms with Gasteiger partial charge in [0.2, 0.25) is 0 Å². The molecule has 0 aromatic heterocycles. The Kier molecular flexibility index (Phi) is 5.43. The molecule has 0 heterocycles. The van der Waals surface area contributed by atoms with Gasteiger partial charge in [0.15, 0.2) is 5.84 Å². The third-order valence-corrected chi connectivity index (χ3v) is 3.12. The van der Waals surface area contributed by atoms with Crippen molar-refractivity contribution >= 4 is 39.3 Å². The molecule has 3 N–H and O–H groups in total.